The molecule has 1 saturated heterocycles. The number of methoxy groups -OCH3 is 1. The number of nitrogens with zero attached hydrogens (tertiary/aromatic N) is 2. The third-order valence-electron chi connectivity index (χ3n) is 3.27. The Morgan fingerprint density at radius 2 is 2.21 bits per heavy atom. The van der Waals surface area contributed by atoms with Crippen molar-refractivity contribution in [2.45, 2.75) is 6.42 Å². The summed E-state index contributed by atoms with van der Waals surface area (Å²) in [6.45, 7) is 3.59. The van der Waals surface area contributed by atoms with Crippen LogP contribution in [0.15, 0.2) is 0 Å². The van der Waals surface area contributed by atoms with Crippen molar-refractivity contribution >= 4 is 12.0 Å². The predicted octanol–water partition coefficient (Wildman–Crippen LogP) is -0.319. The summed E-state index contributed by atoms with van der Waals surface area (Å²) in [6.07, 6.45) is 0.538. The van der Waals surface area contributed by atoms with E-state index < -0.39 is 11.9 Å². The monoisotopic (exact) mass is 273 g/mol. The fourth-order valence-electron chi connectivity index (χ4n) is 1.97. The first-order valence-electron chi connectivity index (χ1n) is 6.47. The van der Waals surface area contributed by atoms with Crippen LogP contribution in [0.1, 0.15) is 6.42 Å². The third kappa shape index (κ3) is 5.44. The summed E-state index contributed by atoms with van der Waals surface area (Å²) in [7, 11) is 3.61. The van der Waals surface area contributed by atoms with Gasteiger partial charge in [0.15, 0.2) is 0 Å². The number of likely N-dealkylation sites (tertiary alicyclic amines) is 1. The number of aliphatic carboxylic acids is 1. The van der Waals surface area contributed by atoms with E-state index in [1.54, 1.807) is 12.0 Å². The minimum absolute atomic E-state index is 0.177. The second-order valence-electron chi connectivity index (χ2n) is 4.80. The molecule has 0 bridgehead atoms. The summed E-state index contributed by atoms with van der Waals surface area (Å²) >= 11 is 0. The van der Waals surface area contributed by atoms with Crippen molar-refractivity contribution in [2.75, 3.05) is 53.5 Å². The zero-order chi connectivity index (χ0) is 14.3. The van der Waals surface area contributed by atoms with Crippen LogP contribution in [0.2, 0.25) is 0 Å². The van der Waals surface area contributed by atoms with Crippen molar-refractivity contribution in [3.63, 3.8) is 0 Å². The van der Waals surface area contributed by atoms with E-state index >= 15 is 0 Å². The van der Waals surface area contributed by atoms with E-state index in [1.165, 1.54) is 0 Å². The van der Waals surface area contributed by atoms with E-state index in [9.17, 15) is 9.59 Å². The SMILES string of the molecule is COCCN(C)CCNC(=O)N1CCC(C(=O)O)C1. The summed E-state index contributed by atoms with van der Waals surface area (Å²) in [6, 6.07) is -0.177. The van der Waals surface area contributed by atoms with Crippen molar-refractivity contribution in [1.82, 2.24) is 15.1 Å². The number of carboxylic acids is 1. The molecule has 1 rings (SSSR count). The Morgan fingerprint density at radius 3 is 2.79 bits per heavy atom. The number of likely N-dealkylation sites (N-methyl/N-ethyl adjacent to an activating group) is 1. The molecule has 0 aliphatic carbocycles. The number of rotatable bonds is 7. The van der Waals surface area contributed by atoms with Gasteiger partial charge in [0.1, 0.15) is 0 Å². The van der Waals surface area contributed by atoms with E-state index in [4.69, 9.17) is 9.84 Å². The fraction of sp³-hybridized carbons (Fsp3) is 0.833. The van der Waals surface area contributed by atoms with E-state index in [0.29, 0.717) is 32.7 Å². The van der Waals surface area contributed by atoms with Crippen molar-refractivity contribution in [3.8, 4) is 0 Å². The molecule has 0 aromatic carbocycles. The average molecular weight is 273 g/mol. The van der Waals surface area contributed by atoms with E-state index in [-0.39, 0.29) is 6.03 Å². The van der Waals surface area contributed by atoms with Crippen LogP contribution in [0.3, 0.4) is 0 Å². The number of urea groups is 1. The minimum Gasteiger partial charge on any atom is -0.481 e. The maximum atomic E-state index is 11.8. The zero-order valence-corrected chi connectivity index (χ0v) is 11.6. The van der Waals surface area contributed by atoms with Crippen molar-refractivity contribution < 1.29 is 19.4 Å². The summed E-state index contributed by atoms with van der Waals surface area (Å²) in [4.78, 5) is 26.2. The Balaban J connectivity index is 2.16. The number of hydrogen-bond donors (Lipinski definition) is 2. The molecule has 0 aromatic rings. The zero-order valence-electron chi connectivity index (χ0n) is 11.6. The lowest BCUT2D eigenvalue weighted by atomic mass is 10.1. The first-order valence-corrected chi connectivity index (χ1v) is 6.47. The molecule has 1 fully saturated rings. The number of carbonyl (C=O) groups excluding carboxylic acids is 1. The van der Waals surface area contributed by atoms with Gasteiger partial charge in [0.05, 0.1) is 12.5 Å². The molecule has 0 aromatic heterocycles. The molecule has 110 valence electrons. The maximum Gasteiger partial charge on any atom is 0.317 e. The highest BCUT2D eigenvalue weighted by atomic mass is 16.5. The van der Waals surface area contributed by atoms with E-state index in [2.05, 4.69) is 10.2 Å². The molecule has 7 nitrogen and oxygen atoms in total. The van der Waals surface area contributed by atoms with Gasteiger partial charge in [-0.25, -0.2) is 4.79 Å². The Bertz CT molecular complexity index is 311. The first kappa shape index (κ1) is 15.7. The van der Waals surface area contributed by atoms with Crippen LogP contribution >= 0.6 is 0 Å². The van der Waals surface area contributed by atoms with Gasteiger partial charge in [0.2, 0.25) is 0 Å². The number of carbonyl (C=O) groups is 2. The second-order valence-corrected chi connectivity index (χ2v) is 4.80. The smallest absolute Gasteiger partial charge is 0.317 e. The van der Waals surface area contributed by atoms with Crippen LogP contribution in [0.25, 0.3) is 0 Å². The lowest BCUT2D eigenvalue weighted by Gasteiger charge is -2.19. The van der Waals surface area contributed by atoms with Crippen LogP contribution in [-0.4, -0.2) is 80.4 Å². The van der Waals surface area contributed by atoms with E-state index in [0.717, 1.165) is 13.1 Å². The summed E-state index contributed by atoms with van der Waals surface area (Å²) < 4.78 is 4.96. The van der Waals surface area contributed by atoms with Gasteiger partial charge >= 0.3 is 12.0 Å². The highest BCUT2D eigenvalue weighted by Crippen LogP contribution is 2.15. The molecule has 1 aliphatic rings. The molecule has 2 amide bonds. The van der Waals surface area contributed by atoms with Crippen molar-refractivity contribution in [1.29, 1.82) is 0 Å². The third-order valence-corrected chi connectivity index (χ3v) is 3.27. The molecule has 0 saturated carbocycles. The molecular formula is C12H23N3O4. The Labute approximate surface area is 113 Å². The highest BCUT2D eigenvalue weighted by Gasteiger charge is 2.30. The normalized spacial score (nSPS) is 18.9. The molecule has 7 heteroatoms. The van der Waals surface area contributed by atoms with Gasteiger partial charge in [0, 0.05) is 39.8 Å². The average Bonchev–Trinajstić information content (AvgIpc) is 2.86. The van der Waals surface area contributed by atoms with Crippen LogP contribution in [0.4, 0.5) is 4.79 Å². The molecule has 0 radical (unpaired) electrons. The van der Waals surface area contributed by atoms with Gasteiger partial charge in [-0.2, -0.15) is 0 Å². The molecule has 1 heterocycles. The van der Waals surface area contributed by atoms with Gasteiger partial charge in [-0.3, -0.25) is 4.79 Å². The van der Waals surface area contributed by atoms with Gasteiger partial charge < -0.3 is 25.0 Å². The molecule has 19 heavy (non-hydrogen) atoms. The van der Waals surface area contributed by atoms with Gasteiger partial charge in [-0.1, -0.05) is 0 Å². The Morgan fingerprint density at radius 1 is 1.47 bits per heavy atom. The number of hydrogen-bond acceptors (Lipinski definition) is 4. The van der Waals surface area contributed by atoms with E-state index in [1.807, 2.05) is 7.05 Å². The van der Waals surface area contributed by atoms with Gasteiger partial charge in [-0.05, 0) is 13.5 Å². The molecular weight excluding hydrogens is 250 g/mol. The minimum atomic E-state index is -0.824. The summed E-state index contributed by atoms with van der Waals surface area (Å²) in [5, 5.41) is 11.7. The molecule has 1 aliphatic heterocycles. The molecule has 2 N–H and O–H groups in total. The lowest BCUT2D eigenvalue weighted by Crippen LogP contribution is -2.42. The fourth-order valence-corrected chi connectivity index (χ4v) is 1.97. The maximum absolute atomic E-state index is 11.8. The van der Waals surface area contributed by atoms with Crippen molar-refractivity contribution in [2.24, 2.45) is 5.92 Å². The summed E-state index contributed by atoms with van der Waals surface area (Å²) in [5.74, 6) is -1.25. The highest BCUT2D eigenvalue weighted by molar-refractivity contribution is 5.77. The van der Waals surface area contributed by atoms with Crippen molar-refractivity contribution in [3.05, 3.63) is 0 Å². The molecule has 0 spiro atoms. The lowest BCUT2D eigenvalue weighted by molar-refractivity contribution is -0.141. The standard InChI is InChI=1S/C12H23N3O4/c1-14(7-8-19-2)6-4-13-12(18)15-5-3-10(9-15)11(16)17/h10H,3-9H2,1-2H3,(H,13,18)(H,16,17). The number of amides is 2. The topological polar surface area (TPSA) is 82.1 Å². The van der Waals surface area contributed by atoms with Crippen LogP contribution in [-0.2, 0) is 9.53 Å². The predicted molar refractivity (Wildman–Crippen MR) is 70.1 cm³/mol. The largest absolute Gasteiger partial charge is 0.481 e. The number of nitrogens with one attached hydrogen (secondary N) is 1. The Hall–Kier alpha value is -1.34. The van der Waals surface area contributed by atoms with Crippen LogP contribution in [0, 0.1) is 5.92 Å². The number of carboxylic acid groups (broad SMARTS) is 1. The number of ether oxygens (including phenoxy) is 1. The Kier molecular flexibility index (Phi) is 6.58. The first-order chi connectivity index (χ1) is 9.04. The van der Waals surface area contributed by atoms with Crippen LogP contribution in [0.5, 0.6) is 0 Å². The molecule has 1 atom stereocenters. The van der Waals surface area contributed by atoms with Gasteiger partial charge in [-0.15, -0.1) is 0 Å². The summed E-state index contributed by atoms with van der Waals surface area (Å²) in [5.41, 5.74) is 0. The second kappa shape index (κ2) is 7.96. The van der Waals surface area contributed by atoms with Gasteiger partial charge in [0.25, 0.3) is 0 Å². The quantitative estimate of drug-likeness (QED) is 0.664. The van der Waals surface area contributed by atoms with Crippen LogP contribution < -0.4 is 5.32 Å². The molecule has 1 unspecified atom stereocenters.